The summed E-state index contributed by atoms with van der Waals surface area (Å²) in [5, 5.41) is 0. The molecule has 0 atom stereocenters. The molecule has 2 aromatic heterocycles. The maximum atomic E-state index is 13.2. The molecule has 110 valence electrons. The first-order chi connectivity index (χ1) is 10.6. The Balaban J connectivity index is 2.34. The molecule has 0 spiro atoms. The predicted octanol–water partition coefficient (Wildman–Crippen LogP) is 2.96. The number of hydrogen-bond donors (Lipinski definition) is 0. The summed E-state index contributed by atoms with van der Waals surface area (Å²) < 4.78 is 14.7. The molecule has 3 aromatic rings. The van der Waals surface area contributed by atoms with Gasteiger partial charge in [-0.05, 0) is 36.8 Å². The average molecular weight is 295 g/mol. The van der Waals surface area contributed by atoms with E-state index in [0.29, 0.717) is 22.6 Å². The quantitative estimate of drug-likeness (QED) is 0.730. The lowest BCUT2D eigenvalue weighted by molar-refractivity contribution is 0.628. The molecule has 0 aliphatic rings. The second-order valence-electron chi connectivity index (χ2n) is 4.99. The lowest BCUT2D eigenvalue weighted by Crippen LogP contribution is -2.23. The topological polar surface area (TPSA) is 47.8 Å². The standard InChI is InChI=1S/C17H14FN3O/c1-11-20-16(13-7-9-19-10-8-13)15(17(22)21(11)2)12-3-5-14(18)6-4-12/h3-10H,1-2H3. The van der Waals surface area contributed by atoms with E-state index in [4.69, 9.17) is 0 Å². The third-order valence-corrected chi connectivity index (χ3v) is 3.60. The normalized spacial score (nSPS) is 10.7. The Morgan fingerprint density at radius 2 is 1.64 bits per heavy atom. The fourth-order valence-electron chi connectivity index (χ4n) is 2.30. The van der Waals surface area contributed by atoms with Crippen LogP contribution in [0, 0.1) is 12.7 Å². The van der Waals surface area contributed by atoms with E-state index in [1.54, 1.807) is 50.6 Å². The molecule has 1 aromatic carbocycles. The summed E-state index contributed by atoms with van der Waals surface area (Å²) in [4.78, 5) is 21.2. The van der Waals surface area contributed by atoms with Gasteiger partial charge in [-0.2, -0.15) is 0 Å². The number of aryl methyl sites for hydroxylation is 1. The molecule has 0 N–H and O–H groups in total. The summed E-state index contributed by atoms with van der Waals surface area (Å²) >= 11 is 0. The highest BCUT2D eigenvalue weighted by atomic mass is 19.1. The number of hydrogen-bond acceptors (Lipinski definition) is 3. The van der Waals surface area contributed by atoms with Gasteiger partial charge in [-0.25, -0.2) is 9.37 Å². The van der Waals surface area contributed by atoms with Gasteiger partial charge in [-0.15, -0.1) is 0 Å². The number of aromatic nitrogens is 3. The molecule has 2 heterocycles. The van der Waals surface area contributed by atoms with Gasteiger partial charge in [0.2, 0.25) is 0 Å². The summed E-state index contributed by atoms with van der Waals surface area (Å²) in [6.07, 6.45) is 3.30. The monoisotopic (exact) mass is 295 g/mol. The van der Waals surface area contributed by atoms with Gasteiger partial charge >= 0.3 is 0 Å². The zero-order chi connectivity index (χ0) is 15.7. The second kappa shape index (κ2) is 5.52. The fraction of sp³-hybridized carbons (Fsp3) is 0.118. The second-order valence-corrected chi connectivity index (χ2v) is 4.99. The van der Waals surface area contributed by atoms with Crippen LogP contribution in [0.5, 0.6) is 0 Å². The molecule has 0 amide bonds. The van der Waals surface area contributed by atoms with E-state index in [1.165, 1.54) is 16.7 Å². The third-order valence-electron chi connectivity index (χ3n) is 3.60. The van der Waals surface area contributed by atoms with E-state index >= 15 is 0 Å². The number of pyridine rings is 1. The van der Waals surface area contributed by atoms with Crippen molar-refractivity contribution in [1.29, 1.82) is 0 Å². The molecule has 0 aliphatic carbocycles. The maximum absolute atomic E-state index is 13.2. The molecule has 0 unspecified atom stereocenters. The predicted molar refractivity (Wildman–Crippen MR) is 82.8 cm³/mol. The van der Waals surface area contributed by atoms with Crippen LogP contribution in [0.15, 0.2) is 53.6 Å². The van der Waals surface area contributed by atoms with Gasteiger partial charge in [0.05, 0.1) is 11.3 Å². The van der Waals surface area contributed by atoms with Gasteiger partial charge in [-0.3, -0.25) is 14.3 Å². The molecule has 0 saturated carbocycles. The highest BCUT2D eigenvalue weighted by Crippen LogP contribution is 2.27. The third kappa shape index (κ3) is 2.41. The Hall–Kier alpha value is -2.82. The van der Waals surface area contributed by atoms with Crippen LogP contribution in [0.3, 0.4) is 0 Å². The van der Waals surface area contributed by atoms with Crippen LogP contribution in [0.25, 0.3) is 22.4 Å². The van der Waals surface area contributed by atoms with Crippen LogP contribution in [0.4, 0.5) is 4.39 Å². The minimum atomic E-state index is -0.342. The van der Waals surface area contributed by atoms with E-state index < -0.39 is 0 Å². The van der Waals surface area contributed by atoms with Crippen molar-refractivity contribution in [1.82, 2.24) is 14.5 Å². The van der Waals surface area contributed by atoms with Crippen molar-refractivity contribution in [3.05, 3.63) is 70.8 Å². The summed E-state index contributed by atoms with van der Waals surface area (Å²) in [6.45, 7) is 1.78. The number of benzene rings is 1. The Morgan fingerprint density at radius 3 is 2.27 bits per heavy atom. The Labute approximate surface area is 126 Å². The van der Waals surface area contributed by atoms with E-state index in [0.717, 1.165) is 5.56 Å². The molecular formula is C17H14FN3O. The average Bonchev–Trinajstić information content (AvgIpc) is 2.54. The SMILES string of the molecule is Cc1nc(-c2ccncc2)c(-c2ccc(F)cc2)c(=O)n1C. The molecule has 0 saturated heterocycles. The van der Waals surface area contributed by atoms with Crippen molar-refractivity contribution in [3.8, 4) is 22.4 Å². The Kier molecular flexibility index (Phi) is 3.55. The first-order valence-corrected chi connectivity index (χ1v) is 6.82. The van der Waals surface area contributed by atoms with Crippen molar-refractivity contribution < 1.29 is 4.39 Å². The molecule has 3 rings (SSSR count). The van der Waals surface area contributed by atoms with Gasteiger partial charge in [0, 0.05) is 25.0 Å². The van der Waals surface area contributed by atoms with Crippen molar-refractivity contribution in [3.63, 3.8) is 0 Å². The summed E-state index contributed by atoms with van der Waals surface area (Å²) in [7, 11) is 1.67. The lowest BCUT2D eigenvalue weighted by Gasteiger charge is -2.12. The molecule has 22 heavy (non-hydrogen) atoms. The maximum Gasteiger partial charge on any atom is 0.261 e. The summed E-state index contributed by atoms with van der Waals surface area (Å²) in [5.74, 6) is 0.272. The van der Waals surface area contributed by atoms with Crippen LogP contribution in [0.2, 0.25) is 0 Å². The van der Waals surface area contributed by atoms with Gasteiger partial charge in [0.15, 0.2) is 0 Å². The highest BCUT2D eigenvalue weighted by Gasteiger charge is 2.16. The molecular weight excluding hydrogens is 281 g/mol. The first kappa shape index (κ1) is 14.1. The number of halogens is 1. The first-order valence-electron chi connectivity index (χ1n) is 6.82. The van der Waals surface area contributed by atoms with Crippen molar-refractivity contribution in [2.75, 3.05) is 0 Å². The number of rotatable bonds is 2. The van der Waals surface area contributed by atoms with Crippen molar-refractivity contribution in [2.45, 2.75) is 6.92 Å². The van der Waals surface area contributed by atoms with Crippen LogP contribution >= 0.6 is 0 Å². The molecule has 4 nitrogen and oxygen atoms in total. The molecule has 5 heteroatoms. The van der Waals surface area contributed by atoms with Gasteiger partial charge < -0.3 is 0 Å². The lowest BCUT2D eigenvalue weighted by atomic mass is 10.0. The zero-order valence-electron chi connectivity index (χ0n) is 12.2. The Morgan fingerprint density at radius 1 is 1.00 bits per heavy atom. The van der Waals surface area contributed by atoms with Gasteiger partial charge in [0.1, 0.15) is 11.6 Å². The largest absolute Gasteiger partial charge is 0.299 e. The smallest absolute Gasteiger partial charge is 0.261 e. The minimum Gasteiger partial charge on any atom is -0.299 e. The van der Waals surface area contributed by atoms with Crippen LogP contribution in [-0.4, -0.2) is 14.5 Å². The van der Waals surface area contributed by atoms with Crippen molar-refractivity contribution in [2.24, 2.45) is 7.05 Å². The van der Waals surface area contributed by atoms with Crippen LogP contribution in [0.1, 0.15) is 5.82 Å². The molecule has 0 fully saturated rings. The zero-order valence-corrected chi connectivity index (χ0v) is 12.2. The van der Waals surface area contributed by atoms with Crippen LogP contribution in [-0.2, 0) is 7.05 Å². The minimum absolute atomic E-state index is 0.161. The Bertz CT molecular complexity index is 871. The highest BCUT2D eigenvalue weighted by molar-refractivity contribution is 5.79. The van der Waals surface area contributed by atoms with Crippen molar-refractivity contribution >= 4 is 0 Å². The van der Waals surface area contributed by atoms with E-state index in [-0.39, 0.29) is 11.4 Å². The molecule has 0 radical (unpaired) electrons. The fourth-order valence-corrected chi connectivity index (χ4v) is 2.30. The van der Waals surface area contributed by atoms with E-state index in [1.807, 2.05) is 0 Å². The number of nitrogens with zero attached hydrogens (tertiary/aromatic N) is 3. The summed E-state index contributed by atoms with van der Waals surface area (Å²) in [5.41, 5.74) is 2.32. The van der Waals surface area contributed by atoms with Crippen LogP contribution < -0.4 is 5.56 Å². The molecule has 0 aliphatic heterocycles. The van der Waals surface area contributed by atoms with Gasteiger partial charge in [0.25, 0.3) is 5.56 Å². The van der Waals surface area contributed by atoms with E-state index in [9.17, 15) is 9.18 Å². The molecule has 0 bridgehead atoms. The van der Waals surface area contributed by atoms with E-state index in [2.05, 4.69) is 9.97 Å². The summed E-state index contributed by atoms with van der Waals surface area (Å²) in [6, 6.07) is 9.46. The van der Waals surface area contributed by atoms with Gasteiger partial charge in [-0.1, -0.05) is 12.1 Å².